The van der Waals surface area contributed by atoms with E-state index in [9.17, 15) is 4.79 Å². The lowest BCUT2D eigenvalue weighted by molar-refractivity contribution is -0.119. The van der Waals surface area contributed by atoms with Crippen molar-refractivity contribution in [1.82, 2.24) is 15.3 Å². The van der Waals surface area contributed by atoms with Crippen LogP contribution in [0.1, 0.15) is 19.0 Å². The van der Waals surface area contributed by atoms with Gasteiger partial charge in [0.05, 0.1) is 18.9 Å². The van der Waals surface area contributed by atoms with Crippen LogP contribution in [0.3, 0.4) is 0 Å². The first-order chi connectivity index (χ1) is 8.54. The summed E-state index contributed by atoms with van der Waals surface area (Å²) in [6.45, 7) is 2.92. The first-order valence-corrected chi connectivity index (χ1v) is 6.05. The van der Waals surface area contributed by atoms with Crippen molar-refractivity contribution < 1.29 is 4.79 Å². The Balaban J connectivity index is 2.58. The maximum atomic E-state index is 11.5. The minimum absolute atomic E-state index is 0.0421. The smallest absolute Gasteiger partial charge is 0.239 e. The maximum absolute atomic E-state index is 11.5. The summed E-state index contributed by atoms with van der Waals surface area (Å²) in [5.74, 6) is 0.557. The van der Waals surface area contributed by atoms with E-state index in [-0.39, 0.29) is 17.4 Å². The number of carbonyl (C=O) groups is 1. The molecule has 0 saturated heterocycles. The average molecular weight is 267 g/mol. The highest BCUT2D eigenvalue weighted by Gasteiger charge is 2.08. The van der Waals surface area contributed by atoms with E-state index >= 15 is 0 Å². The molecule has 0 radical (unpaired) electrons. The van der Waals surface area contributed by atoms with Crippen LogP contribution >= 0.6 is 12.2 Å². The highest BCUT2D eigenvalue weighted by molar-refractivity contribution is 7.80. The van der Waals surface area contributed by atoms with Crippen LogP contribution in [0.2, 0.25) is 0 Å². The molecule has 0 aliphatic heterocycles. The quantitative estimate of drug-likeness (QED) is 0.710. The molecule has 0 aliphatic rings. The number of carbonyl (C=O) groups excluding carboxylic acids is 1. The van der Waals surface area contributed by atoms with E-state index in [0.717, 1.165) is 6.42 Å². The van der Waals surface area contributed by atoms with Crippen LogP contribution in [-0.4, -0.2) is 41.0 Å². The number of aromatic nitrogens is 2. The third-order valence-corrected chi connectivity index (χ3v) is 2.44. The molecule has 0 saturated carbocycles. The molecule has 0 aliphatic carbocycles. The molecule has 1 aromatic heterocycles. The minimum atomic E-state index is -0.0421. The van der Waals surface area contributed by atoms with Crippen molar-refractivity contribution in [2.24, 2.45) is 5.73 Å². The van der Waals surface area contributed by atoms with Gasteiger partial charge in [0.2, 0.25) is 5.91 Å². The number of nitrogens with one attached hydrogen (secondary N) is 1. The largest absolute Gasteiger partial charge is 0.388 e. The molecule has 1 aromatic rings. The van der Waals surface area contributed by atoms with Gasteiger partial charge in [0.1, 0.15) is 16.5 Å². The van der Waals surface area contributed by atoms with Gasteiger partial charge < -0.3 is 16.0 Å². The summed E-state index contributed by atoms with van der Waals surface area (Å²) >= 11 is 4.79. The van der Waals surface area contributed by atoms with Crippen molar-refractivity contribution in [1.29, 1.82) is 0 Å². The fourth-order valence-electron chi connectivity index (χ4n) is 1.26. The van der Waals surface area contributed by atoms with E-state index in [1.807, 2.05) is 6.92 Å². The summed E-state index contributed by atoms with van der Waals surface area (Å²) in [6.07, 6.45) is 3.96. The molecule has 3 N–H and O–H groups in total. The molecule has 0 fully saturated rings. The Labute approximate surface area is 112 Å². The summed E-state index contributed by atoms with van der Waals surface area (Å²) in [4.78, 5) is 21.7. The van der Waals surface area contributed by atoms with E-state index in [1.165, 1.54) is 6.20 Å². The van der Waals surface area contributed by atoms with E-state index in [1.54, 1.807) is 18.1 Å². The van der Waals surface area contributed by atoms with Gasteiger partial charge in [-0.25, -0.2) is 9.97 Å². The number of rotatable bonds is 6. The van der Waals surface area contributed by atoms with Gasteiger partial charge in [-0.2, -0.15) is 0 Å². The second kappa shape index (κ2) is 6.85. The number of amides is 1. The number of anilines is 1. The molecule has 6 nitrogen and oxygen atoms in total. The third kappa shape index (κ3) is 4.25. The zero-order chi connectivity index (χ0) is 13.5. The number of thiocarbonyl (C=S) groups is 1. The zero-order valence-electron chi connectivity index (χ0n) is 10.5. The molecular formula is C11H17N5OS. The van der Waals surface area contributed by atoms with Crippen LogP contribution in [0.4, 0.5) is 5.82 Å². The number of hydrogen-bond acceptors (Lipinski definition) is 5. The van der Waals surface area contributed by atoms with Crippen molar-refractivity contribution in [3.05, 3.63) is 18.1 Å². The average Bonchev–Trinajstić information content (AvgIpc) is 2.36. The Kier molecular flexibility index (Phi) is 5.44. The summed E-state index contributed by atoms with van der Waals surface area (Å²) in [7, 11) is 1.77. The molecule has 7 heteroatoms. The fourth-order valence-corrected chi connectivity index (χ4v) is 1.37. The van der Waals surface area contributed by atoms with Gasteiger partial charge in [-0.3, -0.25) is 4.79 Å². The Morgan fingerprint density at radius 2 is 2.22 bits per heavy atom. The molecule has 0 spiro atoms. The predicted molar refractivity (Wildman–Crippen MR) is 74.5 cm³/mol. The first-order valence-electron chi connectivity index (χ1n) is 5.64. The Hall–Kier alpha value is -1.76. The fraction of sp³-hybridized carbons (Fsp3) is 0.455. The lowest BCUT2D eigenvalue weighted by Gasteiger charge is -2.17. The minimum Gasteiger partial charge on any atom is -0.388 e. The van der Waals surface area contributed by atoms with Crippen LogP contribution in [-0.2, 0) is 4.79 Å². The zero-order valence-corrected chi connectivity index (χ0v) is 11.3. The predicted octanol–water partition coefficient (Wildman–Crippen LogP) is 0.0732. The number of hydrogen-bond donors (Lipinski definition) is 2. The van der Waals surface area contributed by atoms with E-state index in [2.05, 4.69) is 15.3 Å². The van der Waals surface area contributed by atoms with Crippen molar-refractivity contribution in [2.45, 2.75) is 13.3 Å². The summed E-state index contributed by atoms with van der Waals surface area (Å²) < 4.78 is 0. The van der Waals surface area contributed by atoms with Crippen molar-refractivity contribution in [3.63, 3.8) is 0 Å². The summed E-state index contributed by atoms with van der Waals surface area (Å²) in [5, 5.41) is 2.79. The number of likely N-dealkylation sites (N-methyl/N-ethyl adjacent to an activating group) is 1. The van der Waals surface area contributed by atoms with E-state index in [4.69, 9.17) is 18.0 Å². The van der Waals surface area contributed by atoms with Gasteiger partial charge in [-0.15, -0.1) is 0 Å². The van der Waals surface area contributed by atoms with Gasteiger partial charge in [-0.1, -0.05) is 19.1 Å². The Morgan fingerprint density at radius 3 is 2.72 bits per heavy atom. The van der Waals surface area contributed by atoms with E-state index < -0.39 is 0 Å². The maximum Gasteiger partial charge on any atom is 0.239 e. The molecule has 0 aromatic carbocycles. The highest BCUT2D eigenvalue weighted by Crippen LogP contribution is 2.06. The Morgan fingerprint density at radius 1 is 1.50 bits per heavy atom. The lowest BCUT2D eigenvalue weighted by Crippen LogP contribution is -2.35. The van der Waals surface area contributed by atoms with Gasteiger partial charge >= 0.3 is 0 Å². The molecule has 0 atom stereocenters. The molecule has 0 unspecified atom stereocenters. The molecule has 0 bridgehead atoms. The van der Waals surface area contributed by atoms with Gasteiger partial charge in [0, 0.05) is 13.6 Å². The first kappa shape index (κ1) is 14.3. The standard InChI is InChI=1S/C11H17N5OS/c1-3-4-13-10(17)7-16(2)9-6-14-8(5-15-9)11(12)18/h5-6H,3-4,7H2,1-2H3,(H2,12,18)(H,13,17). The van der Waals surface area contributed by atoms with E-state index in [0.29, 0.717) is 18.1 Å². The van der Waals surface area contributed by atoms with Crippen LogP contribution in [0.5, 0.6) is 0 Å². The molecule has 18 heavy (non-hydrogen) atoms. The molecule has 1 rings (SSSR count). The Bertz CT molecular complexity index is 420. The van der Waals surface area contributed by atoms with Crippen molar-refractivity contribution >= 4 is 28.9 Å². The van der Waals surface area contributed by atoms with Crippen molar-refractivity contribution in [3.8, 4) is 0 Å². The summed E-state index contributed by atoms with van der Waals surface area (Å²) in [6, 6.07) is 0. The van der Waals surface area contributed by atoms with Gasteiger partial charge in [-0.05, 0) is 6.42 Å². The molecule has 1 heterocycles. The normalized spacial score (nSPS) is 9.89. The monoisotopic (exact) mass is 267 g/mol. The van der Waals surface area contributed by atoms with Crippen LogP contribution in [0, 0.1) is 0 Å². The summed E-state index contributed by atoms with van der Waals surface area (Å²) in [5.41, 5.74) is 5.90. The second-order valence-corrected chi connectivity index (χ2v) is 4.27. The van der Waals surface area contributed by atoms with Gasteiger partial charge in [0.15, 0.2) is 0 Å². The number of nitrogens with zero attached hydrogens (tertiary/aromatic N) is 3. The lowest BCUT2D eigenvalue weighted by atomic mass is 10.4. The molecule has 1 amide bonds. The van der Waals surface area contributed by atoms with Crippen LogP contribution < -0.4 is 16.0 Å². The third-order valence-electron chi connectivity index (χ3n) is 2.23. The van der Waals surface area contributed by atoms with Gasteiger partial charge in [0.25, 0.3) is 0 Å². The van der Waals surface area contributed by atoms with Crippen LogP contribution in [0.15, 0.2) is 12.4 Å². The van der Waals surface area contributed by atoms with Crippen LogP contribution in [0.25, 0.3) is 0 Å². The molecule has 98 valence electrons. The SMILES string of the molecule is CCCNC(=O)CN(C)c1cnc(C(N)=S)cn1. The second-order valence-electron chi connectivity index (χ2n) is 3.83. The number of nitrogens with two attached hydrogens (primary N) is 1. The highest BCUT2D eigenvalue weighted by atomic mass is 32.1. The topological polar surface area (TPSA) is 84.1 Å². The van der Waals surface area contributed by atoms with Crippen molar-refractivity contribution in [2.75, 3.05) is 25.0 Å². The molecular weight excluding hydrogens is 250 g/mol.